The molecule has 0 aromatic heterocycles. The summed E-state index contributed by atoms with van der Waals surface area (Å²) in [5, 5.41) is 17.3. The monoisotopic (exact) mass is 186 g/mol. The molecule has 0 heterocycles. The number of carbonyl (C=O) groups is 2. The van der Waals surface area contributed by atoms with Crippen molar-refractivity contribution < 1.29 is 19.8 Å². The Labute approximate surface area is 76.9 Å². The van der Waals surface area contributed by atoms with Crippen molar-refractivity contribution in [2.45, 2.75) is 26.7 Å². The Morgan fingerprint density at radius 1 is 1.38 bits per heavy atom. The Morgan fingerprint density at radius 2 is 1.92 bits per heavy atom. The van der Waals surface area contributed by atoms with Gasteiger partial charge >= 0.3 is 11.9 Å². The van der Waals surface area contributed by atoms with E-state index in [-0.39, 0.29) is 12.0 Å². The highest BCUT2D eigenvalue weighted by Gasteiger charge is 2.19. The molecule has 2 N–H and O–H groups in total. The Hall–Kier alpha value is -1.32. The van der Waals surface area contributed by atoms with Gasteiger partial charge in [-0.25, -0.2) is 4.79 Å². The van der Waals surface area contributed by atoms with Crippen molar-refractivity contribution in [3.8, 4) is 0 Å². The second-order valence-electron chi connectivity index (χ2n) is 2.77. The molecule has 74 valence electrons. The molecule has 0 saturated heterocycles. The van der Waals surface area contributed by atoms with Crippen molar-refractivity contribution in [3.63, 3.8) is 0 Å². The minimum absolute atomic E-state index is 0.0949. The lowest BCUT2D eigenvalue weighted by atomic mass is 9.97. The van der Waals surface area contributed by atoms with Crippen LogP contribution >= 0.6 is 0 Å². The fourth-order valence-electron chi connectivity index (χ4n) is 1.00. The summed E-state index contributed by atoms with van der Waals surface area (Å²) in [6.07, 6.45) is 1.98. The van der Waals surface area contributed by atoms with Crippen LogP contribution in [-0.2, 0) is 9.59 Å². The average Bonchev–Trinajstić information content (AvgIpc) is 2.05. The Morgan fingerprint density at radius 3 is 2.15 bits per heavy atom. The third-order valence-electron chi connectivity index (χ3n) is 1.93. The number of allylic oxidation sites excluding steroid dienone is 1. The molecular weight excluding hydrogens is 172 g/mol. The van der Waals surface area contributed by atoms with Gasteiger partial charge in [0.2, 0.25) is 0 Å². The van der Waals surface area contributed by atoms with E-state index in [0.717, 1.165) is 0 Å². The maximum Gasteiger partial charge on any atom is 0.331 e. The number of hydrogen-bond donors (Lipinski definition) is 2. The summed E-state index contributed by atoms with van der Waals surface area (Å²) in [6.45, 7) is 3.33. The molecule has 4 nitrogen and oxygen atoms in total. The normalized spacial score (nSPS) is 13.8. The maximum atomic E-state index is 10.6. The Bertz CT molecular complexity index is 230. The zero-order valence-corrected chi connectivity index (χ0v) is 7.78. The first-order valence-electron chi connectivity index (χ1n) is 4.14. The SMILES string of the molecule is C/C=C(\CC(CC)C(=O)O)C(=O)O. The van der Waals surface area contributed by atoms with Gasteiger partial charge in [0.1, 0.15) is 0 Å². The van der Waals surface area contributed by atoms with E-state index in [9.17, 15) is 9.59 Å². The third kappa shape index (κ3) is 3.73. The zero-order chi connectivity index (χ0) is 10.4. The topological polar surface area (TPSA) is 74.6 Å². The highest BCUT2D eigenvalue weighted by Crippen LogP contribution is 2.15. The highest BCUT2D eigenvalue weighted by molar-refractivity contribution is 5.87. The van der Waals surface area contributed by atoms with Crippen LogP contribution in [0, 0.1) is 5.92 Å². The van der Waals surface area contributed by atoms with Gasteiger partial charge in [-0.3, -0.25) is 4.79 Å². The smallest absolute Gasteiger partial charge is 0.331 e. The maximum absolute atomic E-state index is 10.6. The fraction of sp³-hybridized carbons (Fsp3) is 0.556. The molecular formula is C9H14O4. The van der Waals surface area contributed by atoms with Gasteiger partial charge in [-0.1, -0.05) is 13.0 Å². The lowest BCUT2D eigenvalue weighted by Crippen LogP contribution is -2.16. The van der Waals surface area contributed by atoms with Gasteiger partial charge in [-0.15, -0.1) is 0 Å². The third-order valence-corrected chi connectivity index (χ3v) is 1.93. The molecule has 0 aliphatic heterocycles. The van der Waals surface area contributed by atoms with Crippen molar-refractivity contribution in [2.24, 2.45) is 5.92 Å². The second kappa shape index (κ2) is 5.35. The molecule has 0 aromatic carbocycles. The lowest BCUT2D eigenvalue weighted by Gasteiger charge is -2.09. The first-order chi connectivity index (χ1) is 6.02. The van der Waals surface area contributed by atoms with Crippen LogP contribution in [0.25, 0.3) is 0 Å². The van der Waals surface area contributed by atoms with Gasteiger partial charge in [0.05, 0.1) is 5.92 Å². The zero-order valence-electron chi connectivity index (χ0n) is 7.78. The van der Waals surface area contributed by atoms with Gasteiger partial charge in [-0.05, 0) is 19.8 Å². The van der Waals surface area contributed by atoms with E-state index in [1.54, 1.807) is 13.8 Å². The summed E-state index contributed by atoms with van der Waals surface area (Å²) < 4.78 is 0. The van der Waals surface area contributed by atoms with Crippen LogP contribution in [0.15, 0.2) is 11.6 Å². The van der Waals surface area contributed by atoms with Gasteiger partial charge in [0.25, 0.3) is 0 Å². The molecule has 0 aliphatic rings. The van der Waals surface area contributed by atoms with Gasteiger partial charge in [-0.2, -0.15) is 0 Å². The van der Waals surface area contributed by atoms with E-state index in [1.165, 1.54) is 6.08 Å². The molecule has 0 spiro atoms. The molecule has 0 bridgehead atoms. The fourth-order valence-corrected chi connectivity index (χ4v) is 1.00. The lowest BCUT2D eigenvalue weighted by molar-refractivity contribution is -0.141. The van der Waals surface area contributed by atoms with Crippen LogP contribution in [0.4, 0.5) is 0 Å². The predicted molar refractivity (Wildman–Crippen MR) is 47.4 cm³/mol. The van der Waals surface area contributed by atoms with E-state index in [0.29, 0.717) is 6.42 Å². The standard InChI is InChI=1S/C9H14O4/c1-3-6(8(10)11)5-7(4-2)9(12)13/h3,7H,4-5H2,1-2H3,(H,10,11)(H,12,13)/b6-3+. The molecule has 0 saturated carbocycles. The van der Waals surface area contributed by atoms with Crippen LogP contribution in [0.3, 0.4) is 0 Å². The molecule has 0 rings (SSSR count). The Balaban J connectivity index is 4.38. The predicted octanol–water partition coefficient (Wildman–Crippen LogP) is 1.52. The number of aliphatic carboxylic acids is 2. The van der Waals surface area contributed by atoms with Gasteiger partial charge in [0.15, 0.2) is 0 Å². The summed E-state index contributed by atoms with van der Waals surface area (Å²) in [5.74, 6) is -2.58. The number of carboxylic acids is 2. The first-order valence-corrected chi connectivity index (χ1v) is 4.14. The van der Waals surface area contributed by atoms with Gasteiger partial charge < -0.3 is 10.2 Å². The second-order valence-corrected chi connectivity index (χ2v) is 2.77. The highest BCUT2D eigenvalue weighted by atomic mass is 16.4. The quantitative estimate of drug-likeness (QED) is 0.638. The van der Waals surface area contributed by atoms with Crippen molar-refractivity contribution in [1.29, 1.82) is 0 Å². The number of hydrogen-bond acceptors (Lipinski definition) is 2. The first kappa shape index (κ1) is 11.7. The summed E-state index contributed by atoms with van der Waals surface area (Å²) in [5.41, 5.74) is 0.161. The molecule has 0 aromatic rings. The van der Waals surface area contributed by atoms with Crippen molar-refractivity contribution in [3.05, 3.63) is 11.6 Å². The summed E-state index contributed by atoms with van der Waals surface area (Å²) in [7, 11) is 0. The minimum atomic E-state index is -1.04. The van der Waals surface area contributed by atoms with Crippen molar-refractivity contribution in [1.82, 2.24) is 0 Å². The molecule has 0 amide bonds. The van der Waals surface area contributed by atoms with Crippen molar-refractivity contribution >= 4 is 11.9 Å². The van der Waals surface area contributed by atoms with Crippen molar-refractivity contribution in [2.75, 3.05) is 0 Å². The number of carboxylic acid groups (broad SMARTS) is 2. The molecule has 1 unspecified atom stereocenters. The van der Waals surface area contributed by atoms with Crippen LogP contribution < -0.4 is 0 Å². The minimum Gasteiger partial charge on any atom is -0.481 e. The molecule has 0 fully saturated rings. The average molecular weight is 186 g/mol. The van der Waals surface area contributed by atoms with Crippen LogP contribution in [0.2, 0.25) is 0 Å². The van der Waals surface area contributed by atoms with Crippen LogP contribution in [0.1, 0.15) is 26.7 Å². The summed E-state index contributed by atoms with van der Waals surface area (Å²) in [4.78, 5) is 21.1. The number of rotatable bonds is 5. The molecule has 4 heteroatoms. The van der Waals surface area contributed by atoms with E-state index in [1.807, 2.05) is 0 Å². The molecule has 0 aliphatic carbocycles. The van der Waals surface area contributed by atoms with Crippen LogP contribution in [0.5, 0.6) is 0 Å². The molecule has 13 heavy (non-hydrogen) atoms. The van der Waals surface area contributed by atoms with E-state index < -0.39 is 17.9 Å². The Kier molecular flexibility index (Phi) is 4.80. The molecule has 1 atom stereocenters. The summed E-state index contributed by atoms with van der Waals surface area (Å²) >= 11 is 0. The summed E-state index contributed by atoms with van der Waals surface area (Å²) in [6, 6.07) is 0. The van der Waals surface area contributed by atoms with E-state index >= 15 is 0 Å². The largest absolute Gasteiger partial charge is 0.481 e. The van der Waals surface area contributed by atoms with Gasteiger partial charge in [0, 0.05) is 5.57 Å². The van der Waals surface area contributed by atoms with Crippen LogP contribution in [-0.4, -0.2) is 22.2 Å². The van der Waals surface area contributed by atoms with E-state index in [4.69, 9.17) is 10.2 Å². The van der Waals surface area contributed by atoms with E-state index in [2.05, 4.69) is 0 Å². The molecule has 0 radical (unpaired) electrons.